The third-order valence-corrected chi connectivity index (χ3v) is 8.71. The van der Waals surface area contributed by atoms with Crippen LogP contribution in [0.4, 0.5) is 0 Å². The standard InChI is InChI=1S/C21H30O7S/c1-13(22)28-15-7-10-21(12-27-29(24,25)26)14(11-15)3-4-16-17-5-6-19(23)20(17,2)9-8-18(16)21/h3,15-18H,4-12H2,1-2H3,(H,24,25,26). The van der Waals surface area contributed by atoms with E-state index in [1.165, 1.54) is 6.92 Å². The third kappa shape index (κ3) is 3.57. The predicted octanol–water partition coefficient (Wildman–Crippen LogP) is 3.25. The number of rotatable bonds is 4. The summed E-state index contributed by atoms with van der Waals surface area (Å²) >= 11 is 0. The van der Waals surface area contributed by atoms with Crippen LogP contribution in [0.25, 0.3) is 0 Å². The zero-order valence-corrected chi connectivity index (χ0v) is 17.9. The van der Waals surface area contributed by atoms with Crippen LogP contribution in [0.5, 0.6) is 0 Å². The summed E-state index contributed by atoms with van der Waals surface area (Å²) in [6.45, 7) is 3.40. The van der Waals surface area contributed by atoms with Gasteiger partial charge < -0.3 is 4.74 Å². The Kier molecular flexibility index (Phi) is 5.19. The summed E-state index contributed by atoms with van der Waals surface area (Å²) in [6, 6.07) is 0. The molecule has 162 valence electrons. The van der Waals surface area contributed by atoms with E-state index in [4.69, 9.17) is 8.92 Å². The lowest BCUT2D eigenvalue weighted by Crippen LogP contribution is -2.53. The maximum Gasteiger partial charge on any atom is 0.397 e. The molecule has 7 nitrogen and oxygen atoms in total. The molecule has 0 saturated heterocycles. The molecule has 6 unspecified atom stereocenters. The van der Waals surface area contributed by atoms with E-state index in [0.717, 1.165) is 31.3 Å². The minimum absolute atomic E-state index is 0.0942. The largest absolute Gasteiger partial charge is 0.462 e. The number of allylic oxidation sites excluding steroid dienone is 1. The van der Waals surface area contributed by atoms with Gasteiger partial charge in [-0.2, -0.15) is 8.42 Å². The Balaban J connectivity index is 1.67. The van der Waals surface area contributed by atoms with Crippen molar-refractivity contribution in [3.63, 3.8) is 0 Å². The van der Waals surface area contributed by atoms with Crippen LogP contribution in [0.1, 0.15) is 65.2 Å². The molecule has 3 saturated carbocycles. The fraction of sp³-hybridized carbons (Fsp3) is 0.810. The third-order valence-electron chi connectivity index (χ3n) is 8.29. The van der Waals surface area contributed by atoms with Crippen LogP contribution >= 0.6 is 0 Å². The molecule has 8 heteroatoms. The molecule has 0 aromatic rings. The highest BCUT2D eigenvalue weighted by Crippen LogP contribution is 2.64. The molecule has 0 aromatic heterocycles. The lowest BCUT2D eigenvalue weighted by molar-refractivity contribution is -0.149. The second-order valence-electron chi connectivity index (χ2n) is 9.58. The Morgan fingerprint density at radius 2 is 2.00 bits per heavy atom. The van der Waals surface area contributed by atoms with Crippen molar-refractivity contribution in [3.05, 3.63) is 11.6 Å². The van der Waals surface area contributed by atoms with Crippen molar-refractivity contribution in [2.45, 2.75) is 71.3 Å². The minimum Gasteiger partial charge on any atom is -0.462 e. The number of hydrogen-bond acceptors (Lipinski definition) is 6. The molecule has 4 rings (SSSR count). The van der Waals surface area contributed by atoms with Gasteiger partial charge in [0.15, 0.2) is 0 Å². The van der Waals surface area contributed by atoms with Crippen LogP contribution in [0, 0.1) is 28.6 Å². The molecule has 1 N–H and O–H groups in total. The average molecular weight is 427 g/mol. The van der Waals surface area contributed by atoms with Crippen molar-refractivity contribution in [1.29, 1.82) is 0 Å². The van der Waals surface area contributed by atoms with Crippen molar-refractivity contribution >= 4 is 22.2 Å². The van der Waals surface area contributed by atoms with Crippen LogP contribution < -0.4 is 0 Å². The van der Waals surface area contributed by atoms with Gasteiger partial charge in [0.1, 0.15) is 11.9 Å². The first-order chi connectivity index (χ1) is 13.6. The molecular weight excluding hydrogens is 396 g/mol. The van der Waals surface area contributed by atoms with E-state index in [2.05, 4.69) is 13.0 Å². The minimum atomic E-state index is -4.55. The SMILES string of the molecule is CC(=O)OC1CCC2(COS(=O)(=O)O)C(=CCC3C4CCC(=O)C4(C)CCC32)C1. The number of ether oxygens (including phenoxy) is 1. The van der Waals surface area contributed by atoms with Crippen LogP contribution in [0.15, 0.2) is 11.6 Å². The molecule has 0 radical (unpaired) electrons. The van der Waals surface area contributed by atoms with Gasteiger partial charge in [-0.3, -0.25) is 14.1 Å². The van der Waals surface area contributed by atoms with Crippen LogP contribution in [-0.4, -0.2) is 37.4 Å². The van der Waals surface area contributed by atoms with Gasteiger partial charge in [-0.15, -0.1) is 0 Å². The van der Waals surface area contributed by atoms with Gasteiger partial charge in [-0.05, 0) is 56.3 Å². The van der Waals surface area contributed by atoms with E-state index < -0.39 is 15.8 Å². The molecular formula is C21H30O7S. The molecule has 0 aliphatic heterocycles. The summed E-state index contributed by atoms with van der Waals surface area (Å²) in [5.74, 6) is 0.854. The van der Waals surface area contributed by atoms with E-state index in [-0.39, 0.29) is 30.0 Å². The Bertz CT molecular complexity index is 847. The zero-order chi connectivity index (χ0) is 21.0. The lowest BCUT2D eigenvalue weighted by Gasteiger charge is -2.57. The predicted molar refractivity (Wildman–Crippen MR) is 104 cm³/mol. The lowest BCUT2D eigenvalue weighted by atomic mass is 9.47. The highest BCUT2D eigenvalue weighted by Gasteiger charge is 2.60. The second-order valence-corrected chi connectivity index (χ2v) is 10.7. The number of carbonyl (C=O) groups excluding carboxylic acids is 2. The van der Waals surface area contributed by atoms with Gasteiger partial charge in [0.25, 0.3) is 0 Å². The number of ketones is 1. The first-order valence-corrected chi connectivity index (χ1v) is 11.9. The molecule has 3 fully saturated rings. The van der Waals surface area contributed by atoms with Gasteiger partial charge in [-0.25, -0.2) is 4.18 Å². The van der Waals surface area contributed by atoms with E-state index in [0.29, 0.717) is 43.3 Å². The molecule has 29 heavy (non-hydrogen) atoms. The Morgan fingerprint density at radius 1 is 1.24 bits per heavy atom. The summed E-state index contributed by atoms with van der Waals surface area (Å²) in [5.41, 5.74) is 0.308. The Labute approximate surface area is 172 Å². The molecule has 4 aliphatic carbocycles. The molecule has 4 aliphatic rings. The summed E-state index contributed by atoms with van der Waals surface area (Å²) in [6.07, 6.45) is 7.83. The summed E-state index contributed by atoms with van der Waals surface area (Å²) in [7, 11) is -4.55. The summed E-state index contributed by atoms with van der Waals surface area (Å²) < 4.78 is 42.4. The average Bonchev–Trinajstić information content (AvgIpc) is 2.94. The van der Waals surface area contributed by atoms with Crippen molar-refractivity contribution < 1.29 is 31.5 Å². The normalized spacial score (nSPS) is 41.8. The van der Waals surface area contributed by atoms with E-state index in [1.54, 1.807) is 0 Å². The fourth-order valence-electron chi connectivity index (χ4n) is 6.98. The van der Waals surface area contributed by atoms with Crippen molar-refractivity contribution in [2.75, 3.05) is 6.61 Å². The van der Waals surface area contributed by atoms with Gasteiger partial charge in [0.05, 0.1) is 6.61 Å². The van der Waals surface area contributed by atoms with Crippen LogP contribution in [0.2, 0.25) is 0 Å². The van der Waals surface area contributed by atoms with Crippen LogP contribution in [-0.2, 0) is 28.9 Å². The Hall–Kier alpha value is -1.25. The van der Waals surface area contributed by atoms with Crippen molar-refractivity contribution in [2.24, 2.45) is 28.6 Å². The summed E-state index contributed by atoms with van der Waals surface area (Å²) in [5, 5.41) is 0. The van der Waals surface area contributed by atoms with Gasteiger partial charge >= 0.3 is 16.4 Å². The molecule has 6 atom stereocenters. The number of Topliss-reactive ketones (excluding diaryl/α,β-unsaturated/α-hetero) is 1. The van der Waals surface area contributed by atoms with Crippen molar-refractivity contribution in [1.82, 2.24) is 0 Å². The molecule has 0 heterocycles. The molecule has 0 spiro atoms. The maximum atomic E-state index is 12.6. The number of hydrogen-bond donors (Lipinski definition) is 1. The summed E-state index contributed by atoms with van der Waals surface area (Å²) in [4.78, 5) is 24.0. The van der Waals surface area contributed by atoms with E-state index in [9.17, 15) is 22.6 Å². The first-order valence-electron chi connectivity index (χ1n) is 10.6. The smallest absolute Gasteiger partial charge is 0.397 e. The Morgan fingerprint density at radius 3 is 2.69 bits per heavy atom. The molecule has 0 amide bonds. The van der Waals surface area contributed by atoms with Crippen molar-refractivity contribution in [3.8, 4) is 0 Å². The quantitative estimate of drug-likeness (QED) is 0.418. The van der Waals surface area contributed by atoms with Gasteiger partial charge in [0, 0.05) is 30.6 Å². The van der Waals surface area contributed by atoms with Gasteiger partial charge in [-0.1, -0.05) is 18.6 Å². The number of fused-ring (bicyclic) bond motifs is 5. The van der Waals surface area contributed by atoms with E-state index >= 15 is 0 Å². The topological polar surface area (TPSA) is 107 Å². The monoisotopic (exact) mass is 426 g/mol. The molecule has 0 bridgehead atoms. The number of esters is 1. The number of carbonyl (C=O) groups is 2. The second kappa shape index (κ2) is 7.17. The van der Waals surface area contributed by atoms with Crippen LogP contribution in [0.3, 0.4) is 0 Å². The molecule has 0 aromatic carbocycles. The highest BCUT2D eigenvalue weighted by molar-refractivity contribution is 7.80. The van der Waals surface area contributed by atoms with Gasteiger partial charge in [0.2, 0.25) is 0 Å². The highest BCUT2D eigenvalue weighted by atomic mass is 32.3. The van der Waals surface area contributed by atoms with E-state index in [1.807, 2.05) is 0 Å². The fourth-order valence-corrected chi connectivity index (χ4v) is 7.34. The zero-order valence-electron chi connectivity index (χ0n) is 17.1. The first kappa shape index (κ1) is 21.0. The maximum absolute atomic E-state index is 12.6.